The number of ether oxygens (including phenoxy) is 2. The van der Waals surface area contributed by atoms with Gasteiger partial charge in [0.05, 0.1) is 6.61 Å². The number of H-pyrrole nitrogens is 1. The molecule has 2 aliphatic heterocycles. The van der Waals surface area contributed by atoms with Crippen LogP contribution in [0.15, 0.2) is 21.9 Å². The van der Waals surface area contributed by atoms with E-state index in [2.05, 4.69) is 4.98 Å². The molecule has 3 heterocycles. The Balaban J connectivity index is 2.03. The molecule has 0 saturated carbocycles. The van der Waals surface area contributed by atoms with Crippen LogP contribution < -0.4 is 11.2 Å². The Morgan fingerprint density at radius 1 is 1.54 bits per heavy atom. The fraction of sp³-hybridized carbons (Fsp3) is 0.692. The van der Waals surface area contributed by atoms with Crippen LogP contribution in [0.3, 0.4) is 0 Å². The minimum absolute atomic E-state index is 0.129. The van der Waals surface area contributed by atoms with Crippen molar-refractivity contribution in [1.29, 1.82) is 0 Å². The molecule has 10 nitrogen and oxygen atoms in total. The molecule has 1 aromatic heterocycles. The third-order valence-electron chi connectivity index (χ3n) is 4.45. The zero-order valence-corrected chi connectivity index (χ0v) is 14.1. The molecule has 0 aromatic carbocycles. The minimum Gasteiger partial charge on any atom is -0.385 e. The largest absolute Gasteiger partial charge is 0.472 e. The summed E-state index contributed by atoms with van der Waals surface area (Å²) in [5.74, 6) is 0. The summed E-state index contributed by atoms with van der Waals surface area (Å²) in [4.78, 5) is 35.2. The van der Waals surface area contributed by atoms with E-state index in [4.69, 9.17) is 18.5 Å². The van der Waals surface area contributed by atoms with Crippen LogP contribution in [0.4, 0.5) is 0 Å². The maximum Gasteiger partial charge on any atom is 0.472 e. The lowest BCUT2D eigenvalue weighted by Crippen LogP contribution is -2.44. The van der Waals surface area contributed by atoms with Crippen molar-refractivity contribution in [3.63, 3.8) is 0 Å². The maximum atomic E-state index is 12.1. The predicted octanol–water partition coefficient (Wildman–Crippen LogP) is -0.00740. The minimum atomic E-state index is -4.17. The van der Waals surface area contributed by atoms with Gasteiger partial charge in [-0.1, -0.05) is 6.92 Å². The van der Waals surface area contributed by atoms with Gasteiger partial charge in [-0.2, -0.15) is 0 Å². The first-order valence-corrected chi connectivity index (χ1v) is 8.88. The van der Waals surface area contributed by atoms with Crippen LogP contribution in [0.5, 0.6) is 0 Å². The lowest BCUT2D eigenvalue weighted by Gasteiger charge is -2.37. The van der Waals surface area contributed by atoms with Gasteiger partial charge in [-0.05, 0) is 6.42 Å². The van der Waals surface area contributed by atoms with E-state index >= 15 is 0 Å². The summed E-state index contributed by atoms with van der Waals surface area (Å²) in [6, 6.07) is 1.21. The maximum absolute atomic E-state index is 12.1. The second-order valence-electron chi connectivity index (χ2n) is 6.08. The number of nitrogens with zero attached hydrogens (tertiary/aromatic N) is 1. The molecule has 1 aromatic rings. The highest BCUT2D eigenvalue weighted by Gasteiger charge is 2.59. The van der Waals surface area contributed by atoms with Crippen molar-refractivity contribution in [2.75, 3.05) is 20.3 Å². The molecule has 0 bridgehead atoms. The smallest absolute Gasteiger partial charge is 0.385 e. The lowest BCUT2D eigenvalue weighted by atomic mass is 9.79. The zero-order chi connectivity index (χ0) is 17.5. The fourth-order valence-corrected chi connectivity index (χ4v) is 4.26. The summed E-state index contributed by atoms with van der Waals surface area (Å²) in [5.41, 5.74) is -2.00. The van der Waals surface area contributed by atoms with Gasteiger partial charge in [-0.3, -0.25) is 23.4 Å². The number of hydrogen-bond acceptors (Lipinski definition) is 7. The van der Waals surface area contributed by atoms with Crippen molar-refractivity contribution in [3.8, 4) is 0 Å². The Kier molecular flexibility index (Phi) is 4.54. The van der Waals surface area contributed by atoms with Crippen LogP contribution >= 0.6 is 7.82 Å². The lowest BCUT2D eigenvalue weighted by molar-refractivity contribution is -0.0688. The van der Waals surface area contributed by atoms with Gasteiger partial charge in [0.25, 0.3) is 5.56 Å². The summed E-state index contributed by atoms with van der Waals surface area (Å²) in [6.45, 7) is 1.98. The highest BCUT2D eigenvalue weighted by atomic mass is 31.2. The summed E-state index contributed by atoms with van der Waals surface area (Å²) in [7, 11) is -2.65. The number of hydrogen-bond donors (Lipinski definition) is 2. The van der Waals surface area contributed by atoms with Gasteiger partial charge in [-0.25, -0.2) is 9.36 Å². The fourth-order valence-electron chi connectivity index (χ4n) is 3.20. The van der Waals surface area contributed by atoms with Crippen molar-refractivity contribution in [3.05, 3.63) is 33.1 Å². The first kappa shape index (κ1) is 17.5. The molecule has 0 aliphatic carbocycles. The number of phosphoric acid groups is 1. The van der Waals surface area contributed by atoms with Gasteiger partial charge in [0.2, 0.25) is 0 Å². The molecule has 24 heavy (non-hydrogen) atoms. The third-order valence-corrected chi connectivity index (χ3v) is 5.42. The van der Waals surface area contributed by atoms with Crippen LogP contribution in [0.2, 0.25) is 0 Å². The molecule has 2 saturated heterocycles. The molecular formula is C13H19N2O8P. The van der Waals surface area contributed by atoms with Crippen molar-refractivity contribution in [2.45, 2.75) is 31.8 Å². The van der Waals surface area contributed by atoms with E-state index in [-0.39, 0.29) is 6.61 Å². The first-order valence-electron chi connectivity index (χ1n) is 7.38. The molecule has 0 spiro atoms. The SMILES string of the molecule is COCC[C@@]1(C)[C@@H]2OP(=O)(O)OC[C@H]2O[C@H]1n1ccc(=O)[nH]c1=O. The van der Waals surface area contributed by atoms with Crippen molar-refractivity contribution in [2.24, 2.45) is 5.41 Å². The number of rotatable bonds is 4. The van der Waals surface area contributed by atoms with E-state index in [1.165, 1.54) is 23.9 Å². The van der Waals surface area contributed by atoms with Gasteiger partial charge < -0.3 is 14.4 Å². The topological polar surface area (TPSA) is 129 Å². The summed E-state index contributed by atoms with van der Waals surface area (Å²) >= 11 is 0. The van der Waals surface area contributed by atoms with Crippen molar-refractivity contribution < 1.29 is 28.0 Å². The van der Waals surface area contributed by atoms with Crippen LogP contribution in [-0.2, 0) is 23.1 Å². The molecule has 2 fully saturated rings. The second-order valence-corrected chi connectivity index (χ2v) is 7.49. The molecule has 3 rings (SSSR count). The number of methoxy groups -OCH3 is 1. The van der Waals surface area contributed by atoms with E-state index in [0.717, 1.165) is 0 Å². The number of aromatic amines is 1. The number of fused-ring (bicyclic) bond motifs is 1. The van der Waals surface area contributed by atoms with Crippen LogP contribution in [0.25, 0.3) is 0 Å². The Hall–Kier alpha value is -1.29. The third kappa shape index (κ3) is 3.01. The standard InChI is InChI=1S/C13H19N2O8P/c1-13(4-6-20-2)10-8(7-21-24(18,19)23-10)22-11(13)15-5-3-9(16)14-12(15)17/h3,5,8,10-11H,4,6-7H2,1-2H3,(H,18,19)(H,14,16,17)/t8-,10-,11-,13+/m1/s1. The van der Waals surface area contributed by atoms with Crippen molar-refractivity contribution >= 4 is 7.82 Å². The monoisotopic (exact) mass is 362 g/mol. The van der Waals surface area contributed by atoms with Gasteiger partial charge in [-0.15, -0.1) is 0 Å². The predicted molar refractivity (Wildman–Crippen MR) is 80.5 cm³/mol. The molecule has 134 valence electrons. The van der Waals surface area contributed by atoms with Crippen LogP contribution in [0.1, 0.15) is 19.6 Å². The van der Waals surface area contributed by atoms with Gasteiger partial charge in [0.15, 0.2) is 0 Å². The molecule has 2 N–H and O–H groups in total. The number of aromatic nitrogens is 2. The molecule has 5 atom stereocenters. The Morgan fingerprint density at radius 2 is 2.29 bits per heavy atom. The van der Waals surface area contributed by atoms with E-state index in [1.807, 2.05) is 0 Å². The average Bonchev–Trinajstić information content (AvgIpc) is 2.78. The number of nitrogens with one attached hydrogen (secondary N) is 1. The Morgan fingerprint density at radius 3 is 2.96 bits per heavy atom. The summed E-state index contributed by atoms with van der Waals surface area (Å²) in [5, 5.41) is 0. The molecule has 0 radical (unpaired) electrons. The zero-order valence-electron chi connectivity index (χ0n) is 13.2. The van der Waals surface area contributed by atoms with E-state index in [1.54, 1.807) is 6.92 Å². The second kappa shape index (κ2) is 6.21. The summed E-state index contributed by atoms with van der Waals surface area (Å²) in [6.07, 6.45) is -0.464. The van der Waals surface area contributed by atoms with Crippen LogP contribution in [0, 0.1) is 5.41 Å². The quantitative estimate of drug-likeness (QED) is 0.716. The van der Waals surface area contributed by atoms with Crippen molar-refractivity contribution in [1.82, 2.24) is 9.55 Å². The molecular weight excluding hydrogens is 343 g/mol. The van der Waals surface area contributed by atoms with Gasteiger partial charge in [0, 0.05) is 31.4 Å². The van der Waals surface area contributed by atoms with E-state index in [9.17, 15) is 19.0 Å². The van der Waals surface area contributed by atoms with Gasteiger partial charge in [0.1, 0.15) is 18.4 Å². The Labute approximate surface area is 136 Å². The first-order chi connectivity index (χ1) is 11.3. The van der Waals surface area contributed by atoms with E-state index in [0.29, 0.717) is 13.0 Å². The van der Waals surface area contributed by atoms with Crippen LogP contribution in [-0.4, -0.2) is 47.0 Å². The molecule has 2 aliphatic rings. The average molecular weight is 362 g/mol. The molecule has 1 unspecified atom stereocenters. The van der Waals surface area contributed by atoms with E-state index < -0.39 is 42.9 Å². The highest BCUT2D eigenvalue weighted by molar-refractivity contribution is 7.47. The normalized spacial score (nSPS) is 38.9. The highest BCUT2D eigenvalue weighted by Crippen LogP contribution is 2.59. The van der Waals surface area contributed by atoms with Gasteiger partial charge >= 0.3 is 13.5 Å². The number of phosphoric ester groups is 1. The summed E-state index contributed by atoms with van der Waals surface area (Å²) < 4.78 is 34.1. The molecule has 11 heteroatoms. The molecule has 0 amide bonds. The Bertz CT molecular complexity index is 776.